The van der Waals surface area contributed by atoms with Gasteiger partial charge in [0.25, 0.3) is 0 Å². The molecule has 2 rings (SSSR count). The molecule has 0 spiro atoms. The van der Waals surface area contributed by atoms with Crippen molar-refractivity contribution in [1.29, 1.82) is 0 Å². The van der Waals surface area contributed by atoms with Gasteiger partial charge in [-0.05, 0) is 31.3 Å². The number of benzene rings is 1. The minimum atomic E-state index is 0. The fourth-order valence-corrected chi connectivity index (χ4v) is 4.81. The van der Waals surface area contributed by atoms with Crippen molar-refractivity contribution in [3.63, 3.8) is 0 Å². The topological polar surface area (TPSA) is 0 Å². The third-order valence-electron chi connectivity index (χ3n) is 2.19. The van der Waals surface area contributed by atoms with Crippen molar-refractivity contribution < 1.29 is 17.4 Å². The zero-order chi connectivity index (χ0) is 10.7. The van der Waals surface area contributed by atoms with Gasteiger partial charge < -0.3 is 0 Å². The van der Waals surface area contributed by atoms with E-state index in [1.165, 1.54) is 20.7 Å². The van der Waals surface area contributed by atoms with Crippen LogP contribution in [0.25, 0.3) is 4.91 Å². The second-order valence-corrected chi connectivity index (χ2v) is 6.96. The largest absolute Gasteiger partial charge is 0.0856 e. The van der Waals surface area contributed by atoms with E-state index in [4.69, 9.17) is 0 Å². The molecule has 0 fully saturated rings. The van der Waals surface area contributed by atoms with Gasteiger partial charge in [-0.15, -0.1) is 0 Å². The zero-order valence-electron chi connectivity index (χ0n) is 9.19. The summed E-state index contributed by atoms with van der Waals surface area (Å²) < 4.78 is 1.48. The fourth-order valence-electron chi connectivity index (χ4n) is 1.28. The summed E-state index contributed by atoms with van der Waals surface area (Å²) in [6.07, 6.45) is 4.48. The summed E-state index contributed by atoms with van der Waals surface area (Å²) in [5.41, 5.74) is 2.65. The first-order valence-corrected chi connectivity index (χ1v) is 8.46. The monoisotopic (exact) mass is 304 g/mol. The van der Waals surface area contributed by atoms with Crippen molar-refractivity contribution in [2.75, 3.05) is 6.66 Å². The van der Waals surface area contributed by atoms with E-state index in [0.717, 1.165) is 8.58 Å². The summed E-state index contributed by atoms with van der Waals surface area (Å²) in [5.74, 6) is 0. The van der Waals surface area contributed by atoms with Crippen LogP contribution in [-0.2, 0) is 17.4 Å². The van der Waals surface area contributed by atoms with Gasteiger partial charge in [0.1, 0.15) is 0 Å². The fraction of sp³-hybridized carbons (Fsp3) is 0.167. The van der Waals surface area contributed by atoms with Crippen molar-refractivity contribution in [3.8, 4) is 0 Å². The molecule has 0 bridgehead atoms. The number of rotatable bonds is 2. The molecular formula is C12H13CrPS2. The summed E-state index contributed by atoms with van der Waals surface area (Å²) in [4.78, 5) is 1.36. The van der Waals surface area contributed by atoms with Gasteiger partial charge in [0.05, 0.1) is 0 Å². The van der Waals surface area contributed by atoms with Crippen LogP contribution < -0.4 is 0 Å². The molecule has 0 amide bonds. The molecule has 1 heterocycles. The second kappa shape index (κ2) is 6.94. The molecule has 16 heavy (non-hydrogen) atoms. The minimum Gasteiger partial charge on any atom is -0.0856 e. The van der Waals surface area contributed by atoms with E-state index in [-0.39, 0.29) is 17.4 Å². The molecule has 0 aromatic heterocycles. The Hall–Kier alpha value is 0.362. The molecule has 0 N–H and O–H groups in total. The SMILES string of the molecule is CPC1=CC=C(c2ccc(C)cc2)SS1.[Cr]. The summed E-state index contributed by atoms with van der Waals surface area (Å²) in [5, 5.41) is 0. The van der Waals surface area contributed by atoms with Crippen LogP contribution in [0.4, 0.5) is 0 Å². The molecule has 1 unspecified atom stereocenters. The number of aryl methyl sites for hydroxylation is 1. The molecule has 1 atom stereocenters. The average Bonchev–Trinajstić information content (AvgIpc) is 2.30. The van der Waals surface area contributed by atoms with Gasteiger partial charge in [0, 0.05) is 26.9 Å². The first-order chi connectivity index (χ1) is 7.29. The van der Waals surface area contributed by atoms with Crippen LogP contribution >= 0.6 is 30.2 Å². The molecule has 0 aliphatic carbocycles. The molecule has 0 nitrogen and oxygen atoms in total. The van der Waals surface area contributed by atoms with Crippen molar-refractivity contribution in [1.82, 2.24) is 0 Å². The van der Waals surface area contributed by atoms with Gasteiger partial charge in [-0.3, -0.25) is 0 Å². The van der Waals surface area contributed by atoms with E-state index in [9.17, 15) is 0 Å². The quantitative estimate of drug-likeness (QED) is 0.564. The van der Waals surface area contributed by atoms with Crippen molar-refractivity contribution in [3.05, 3.63) is 52.2 Å². The third-order valence-corrected chi connectivity index (χ3v) is 6.49. The number of hydrogen-bond acceptors (Lipinski definition) is 2. The van der Waals surface area contributed by atoms with Crippen LogP contribution in [0, 0.1) is 6.92 Å². The van der Waals surface area contributed by atoms with Crippen LogP contribution in [0.2, 0.25) is 0 Å². The maximum absolute atomic E-state index is 2.24. The zero-order valence-corrected chi connectivity index (χ0v) is 13.1. The first-order valence-electron chi connectivity index (χ1n) is 4.81. The van der Waals surface area contributed by atoms with E-state index in [1.807, 2.05) is 21.6 Å². The van der Waals surface area contributed by atoms with Gasteiger partial charge >= 0.3 is 0 Å². The molecule has 1 aliphatic rings. The van der Waals surface area contributed by atoms with Crippen LogP contribution in [0.3, 0.4) is 0 Å². The molecule has 4 heteroatoms. The smallest absolute Gasteiger partial charge is 0.0259 e. The molecule has 0 saturated heterocycles. The number of allylic oxidation sites excluding steroid dienone is 2. The third kappa shape index (κ3) is 3.69. The van der Waals surface area contributed by atoms with Crippen LogP contribution in [0.5, 0.6) is 0 Å². The Morgan fingerprint density at radius 1 is 1.00 bits per heavy atom. The summed E-state index contributed by atoms with van der Waals surface area (Å²) in [6, 6.07) is 8.73. The van der Waals surface area contributed by atoms with E-state index >= 15 is 0 Å². The Balaban J connectivity index is 0.00000128. The average molecular weight is 304 g/mol. The van der Waals surface area contributed by atoms with E-state index < -0.39 is 0 Å². The first kappa shape index (κ1) is 14.4. The van der Waals surface area contributed by atoms with E-state index in [2.05, 4.69) is 50.0 Å². The van der Waals surface area contributed by atoms with Gasteiger partial charge in [-0.1, -0.05) is 60.0 Å². The Labute approximate surface area is 118 Å². The maximum Gasteiger partial charge on any atom is 0.0259 e. The van der Waals surface area contributed by atoms with Gasteiger partial charge in [0.15, 0.2) is 0 Å². The molecule has 0 radical (unpaired) electrons. The summed E-state index contributed by atoms with van der Waals surface area (Å²) in [6.45, 7) is 4.35. The summed E-state index contributed by atoms with van der Waals surface area (Å²) in [7, 11) is 4.67. The van der Waals surface area contributed by atoms with Gasteiger partial charge in [-0.25, -0.2) is 0 Å². The Morgan fingerprint density at radius 2 is 1.69 bits per heavy atom. The van der Waals surface area contributed by atoms with Crippen LogP contribution in [0.15, 0.2) is 41.1 Å². The van der Waals surface area contributed by atoms with Gasteiger partial charge in [-0.2, -0.15) is 0 Å². The number of hydrogen-bond donors (Lipinski definition) is 0. The van der Waals surface area contributed by atoms with Crippen LogP contribution in [-0.4, -0.2) is 6.66 Å². The van der Waals surface area contributed by atoms with Gasteiger partial charge in [0.2, 0.25) is 0 Å². The standard InChI is InChI=1S/C12H13PS2.Cr/c1-9-3-5-10(6-4-9)11-7-8-12(13-2)15-14-11;/h3-8,13H,1-2H3;. The molecule has 1 aromatic rings. The van der Waals surface area contributed by atoms with E-state index in [0.29, 0.717) is 0 Å². The molecular weight excluding hydrogens is 291 g/mol. The molecule has 84 valence electrons. The normalized spacial score (nSPS) is 15.6. The van der Waals surface area contributed by atoms with Crippen molar-refractivity contribution in [2.45, 2.75) is 6.92 Å². The van der Waals surface area contributed by atoms with Crippen LogP contribution in [0.1, 0.15) is 11.1 Å². The predicted molar refractivity (Wildman–Crippen MR) is 76.7 cm³/mol. The molecule has 1 aromatic carbocycles. The van der Waals surface area contributed by atoms with E-state index in [1.54, 1.807) is 0 Å². The summed E-state index contributed by atoms with van der Waals surface area (Å²) >= 11 is 0. The van der Waals surface area contributed by atoms with Crippen molar-refractivity contribution in [2.24, 2.45) is 0 Å². The van der Waals surface area contributed by atoms with Crippen molar-refractivity contribution >= 4 is 35.1 Å². The predicted octanol–water partition coefficient (Wildman–Crippen LogP) is 4.88. The minimum absolute atomic E-state index is 0. The molecule has 0 saturated carbocycles. The Kier molecular flexibility index (Phi) is 6.26. The molecule has 1 aliphatic heterocycles. The Morgan fingerprint density at radius 3 is 2.19 bits per heavy atom. The Bertz CT molecular complexity index is 410. The maximum atomic E-state index is 2.24. The second-order valence-electron chi connectivity index (χ2n) is 3.34.